The van der Waals surface area contributed by atoms with Gasteiger partial charge in [-0.15, -0.1) is 0 Å². The van der Waals surface area contributed by atoms with Gasteiger partial charge in [0, 0.05) is 39.1 Å². The molecule has 0 radical (unpaired) electrons. The number of nitrogens with zero attached hydrogens (tertiary/aromatic N) is 3. The average molecular weight is 210 g/mol. The molecular weight excluding hydrogens is 192 g/mol. The van der Waals surface area contributed by atoms with Crippen LogP contribution in [0.25, 0.3) is 0 Å². The normalized spacial score (nSPS) is 22.0. The molecule has 1 unspecified atom stereocenters. The van der Waals surface area contributed by atoms with E-state index >= 15 is 0 Å². The lowest BCUT2D eigenvalue weighted by molar-refractivity contribution is 0.0414. The Morgan fingerprint density at radius 2 is 2.53 bits per heavy atom. The number of hydrogen-bond donors (Lipinski definition) is 1. The number of ether oxygens (including phenoxy) is 1. The highest BCUT2D eigenvalue weighted by Crippen LogP contribution is 2.14. The molecule has 2 heterocycles. The summed E-state index contributed by atoms with van der Waals surface area (Å²) in [6, 6.07) is 0. The third-order valence-electron chi connectivity index (χ3n) is 2.65. The van der Waals surface area contributed by atoms with E-state index in [9.17, 15) is 0 Å². The van der Waals surface area contributed by atoms with Crippen LogP contribution in [0.15, 0.2) is 12.4 Å². The molecule has 0 amide bonds. The Hall–Kier alpha value is -1.07. The van der Waals surface area contributed by atoms with Crippen LogP contribution in [0.1, 0.15) is 0 Å². The number of rotatable bonds is 3. The van der Waals surface area contributed by atoms with Gasteiger partial charge >= 0.3 is 0 Å². The largest absolute Gasteiger partial charge is 0.373 e. The maximum Gasteiger partial charge on any atom is 0.205 e. The maximum absolute atomic E-state index is 5.65. The van der Waals surface area contributed by atoms with Crippen LogP contribution in [-0.4, -0.2) is 48.9 Å². The van der Waals surface area contributed by atoms with E-state index < -0.39 is 0 Å². The average Bonchev–Trinajstić information content (AvgIpc) is 2.65. The minimum atomic E-state index is 0.264. The van der Waals surface area contributed by atoms with Crippen molar-refractivity contribution in [3.05, 3.63) is 12.4 Å². The fourth-order valence-corrected chi connectivity index (χ4v) is 1.91. The van der Waals surface area contributed by atoms with Crippen LogP contribution in [0.3, 0.4) is 0 Å². The molecule has 1 saturated heterocycles. The van der Waals surface area contributed by atoms with Crippen molar-refractivity contribution in [1.82, 2.24) is 14.9 Å². The molecule has 0 aliphatic carbocycles. The zero-order valence-corrected chi connectivity index (χ0v) is 9.31. The van der Waals surface area contributed by atoms with Gasteiger partial charge in [-0.3, -0.25) is 0 Å². The van der Waals surface area contributed by atoms with Gasteiger partial charge in [0.25, 0.3) is 0 Å². The van der Waals surface area contributed by atoms with Crippen molar-refractivity contribution >= 4 is 5.95 Å². The number of hydrogen-bond acceptors (Lipinski definition) is 4. The molecule has 0 aromatic carbocycles. The molecule has 1 fully saturated rings. The first-order valence-electron chi connectivity index (χ1n) is 5.29. The number of likely N-dealkylation sites (N-methyl/N-ethyl adjacent to an activating group) is 1. The SMILES string of the molecule is CNCC1CN(c2nccn2C)CCO1. The van der Waals surface area contributed by atoms with E-state index in [0.29, 0.717) is 0 Å². The lowest BCUT2D eigenvalue weighted by atomic mass is 10.3. The molecule has 84 valence electrons. The standard InChI is InChI=1S/C10H18N4O/c1-11-7-9-8-14(5-6-15-9)10-12-3-4-13(10)2/h3-4,9,11H,5-8H2,1-2H3. The molecule has 0 saturated carbocycles. The molecule has 1 N–H and O–H groups in total. The smallest absolute Gasteiger partial charge is 0.205 e. The maximum atomic E-state index is 5.65. The number of imidazole rings is 1. The lowest BCUT2D eigenvalue weighted by Crippen LogP contribution is -2.47. The Bertz CT molecular complexity index is 310. The van der Waals surface area contributed by atoms with E-state index in [2.05, 4.69) is 15.2 Å². The van der Waals surface area contributed by atoms with E-state index in [1.54, 1.807) is 0 Å². The zero-order chi connectivity index (χ0) is 10.7. The molecule has 1 atom stereocenters. The Balaban J connectivity index is 2.01. The van der Waals surface area contributed by atoms with Crippen LogP contribution in [0.2, 0.25) is 0 Å². The summed E-state index contributed by atoms with van der Waals surface area (Å²) in [4.78, 5) is 6.62. The third kappa shape index (κ3) is 2.30. The second-order valence-electron chi connectivity index (χ2n) is 3.83. The summed E-state index contributed by atoms with van der Waals surface area (Å²) < 4.78 is 7.69. The van der Waals surface area contributed by atoms with Crippen LogP contribution >= 0.6 is 0 Å². The Labute approximate surface area is 90.0 Å². The summed E-state index contributed by atoms with van der Waals surface area (Å²) in [6.07, 6.45) is 4.07. The third-order valence-corrected chi connectivity index (χ3v) is 2.65. The lowest BCUT2D eigenvalue weighted by Gasteiger charge is -2.33. The fraction of sp³-hybridized carbons (Fsp3) is 0.700. The van der Waals surface area contributed by atoms with E-state index in [0.717, 1.165) is 32.2 Å². The van der Waals surface area contributed by atoms with Crippen molar-refractivity contribution in [3.63, 3.8) is 0 Å². The predicted octanol–water partition coefficient (Wildman–Crippen LogP) is -0.155. The summed E-state index contributed by atoms with van der Waals surface area (Å²) in [5.41, 5.74) is 0. The number of aryl methyl sites for hydroxylation is 1. The number of nitrogens with one attached hydrogen (secondary N) is 1. The van der Waals surface area contributed by atoms with Crippen molar-refractivity contribution in [2.24, 2.45) is 7.05 Å². The highest BCUT2D eigenvalue weighted by molar-refractivity contribution is 5.31. The minimum absolute atomic E-state index is 0.264. The monoisotopic (exact) mass is 210 g/mol. The molecule has 2 rings (SSSR count). The Morgan fingerprint density at radius 1 is 1.67 bits per heavy atom. The van der Waals surface area contributed by atoms with Gasteiger partial charge < -0.3 is 19.5 Å². The van der Waals surface area contributed by atoms with Crippen LogP contribution in [0, 0.1) is 0 Å². The Kier molecular flexibility index (Phi) is 3.23. The van der Waals surface area contributed by atoms with E-state index in [-0.39, 0.29) is 6.10 Å². The van der Waals surface area contributed by atoms with Crippen LogP contribution in [0.4, 0.5) is 5.95 Å². The Morgan fingerprint density at radius 3 is 3.20 bits per heavy atom. The van der Waals surface area contributed by atoms with Gasteiger partial charge in [-0.1, -0.05) is 0 Å². The number of morpholine rings is 1. The molecular formula is C10H18N4O. The quantitative estimate of drug-likeness (QED) is 0.753. The molecule has 15 heavy (non-hydrogen) atoms. The van der Waals surface area contributed by atoms with Gasteiger partial charge in [0.15, 0.2) is 0 Å². The molecule has 1 aliphatic rings. The highest BCUT2D eigenvalue weighted by atomic mass is 16.5. The fourth-order valence-electron chi connectivity index (χ4n) is 1.91. The predicted molar refractivity (Wildman–Crippen MR) is 59.1 cm³/mol. The number of aromatic nitrogens is 2. The van der Waals surface area contributed by atoms with Crippen LogP contribution in [-0.2, 0) is 11.8 Å². The summed E-state index contributed by atoms with van der Waals surface area (Å²) >= 11 is 0. The van der Waals surface area contributed by atoms with Crippen molar-refractivity contribution < 1.29 is 4.74 Å². The van der Waals surface area contributed by atoms with E-state index in [1.165, 1.54) is 0 Å². The van der Waals surface area contributed by atoms with Crippen LogP contribution < -0.4 is 10.2 Å². The summed E-state index contributed by atoms with van der Waals surface area (Å²) in [5, 5.41) is 3.14. The second kappa shape index (κ2) is 4.63. The van der Waals surface area contributed by atoms with Gasteiger partial charge in [0.05, 0.1) is 12.7 Å². The van der Waals surface area contributed by atoms with Gasteiger partial charge in [-0.05, 0) is 7.05 Å². The molecule has 1 aliphatic heterocycles. The van der Waals surface area contributed by atoms with Crippen molar-refractivity contribution in [2.45, 2.75) is 6.10 Å². The minimum Gasteiger partial charge on any atom is -0.373 e. The number of anilines is 1. The van der Waals surface area contributed by atoms with Gasteiger partial charge in [0.1, 0.15) is 0 Å². The van der Waals surface area contributed by atoms with E-state index in [4.69, 9.17) is 4.74 Å². The van der Waals surface area contributed by atoms with Crippen molar-refractivity contribution in [1.29, 1.82) is 0 Å². The molecule has 0 spiro atoms. The van der Waals surface area contributed by atoms with Gasteiger partial charge in [-0.2, -0.15) is 0 Å². The van der Waals surface area contributed by atoms with Crippen molar-refractivity contribution in [3.8, 4) is 0 Å². The van der Waals surface area contributed by atoms with Gasteiger partial charge in [-0.25, -0.2) is 4.98 Å². The molecule has 1 aromatic heterocycles. The van der Waals surface area contributed by atoms with Crippen molar-refractivity contribution in [2.75, 3.05) is 38.2 Å². The topological polar surface area (TPSA) is 42.3 Å². The van der Waals surface area contributed by atoms with Crippen LogP contribution in [0.5, 0.6) is 0 Å². The summed E-state index contributed by atoms with van der Waals surface area (Å²) in [6.45, 7) is 3.50. The summed E-state index contributed by atoms with van der Waals surface area (Å²) in [7, 11) is 3.97. The summed E-state index contributed by atoms with van der Waals surface area (Å²) in [5.74, 6) is 1.03. The van der Waals surface area contributed by atoms with Gasteiger partial charge in [0.2, 0.25) is 5.95 Å². The molecule has 5 nitrogen and oxygen atoms in total. The molecule has 5 heteroatoms. The zero-order valence-electron chi connectivity index (χ0n) is 9.31. The molecule has 0 bridgehead atoms. The first kappa shape index (κ1) is 10.4. The second-order valence-corrected chi connectivity index (χ2v) is 3.83. The van der Waals surface area contributed by atoms with E-state index in [1.807, 2.05) is 31.1 Å². The highest BCUT2D eigenvalue weighted by Gasteiger charge is 2.21. The first-order valence-corrected chi connectivity index (χ1v) is 5.29. The first-order chi connectivity index (χ1) is 7.31. The molecule has 1 aromatic rings.